The number of benzene rings is 1. The van der Waals surface area contributed by atoms with Crippen LogP contribution in [0.25, 0.3) is 0 Å². The molecule has 1 aromatic rings. The van der Waals surface area contributed by atoms with Crippen LogP contribution in [0.1, 0.15) is 50.6 Å². The van der Waals surface area contributed by atoms with Crippen LogP contribution in [0.2, 0.25) is 5.02 Å². The maximum absolute atomic E-state index is 13.2. The molecule has 0 saturated heterocycles. The average molecular weight is 270 g/mol. The molecule has 1 aliphatic carbocycles. The van der Waals surface area contributed by atoms with Crippen LogP contribution in [-0.2, 0) is 0 Å². The molecule has 1 nitrogen and oxygen atoms in total. The molecule has 0 aromatic heterocycles. The minimum absolute atomic E-state index is 0.230. The van der Waals surface area contributed by atoms with Gasteiger partial charge in [0.05, 0.1) is 5.02 Å². The summed E-state index contributed by atoms with van der Waals surface area (Å²) >= 11 is 5.90. The van der Waals surface area contributed by atoms with Gasteiger partial charge in [-0.1, -0.05) is 37.4 Å². The lowest BCUT2D eigenvalue weighted by molar-refractivity contribution is 0.368. The van der Waals surface area contributed by atoms with Crippen molar-refractivity contribution in [3.05, 3.63) is 34.6 Å². The van der Waals surface area contributed by atoms with E-state index in [0.717, 1.165) is 18.5 Å². The Labute approximate surface area is 114 Å². The highest BCUT2D eigenvalue weighted by atomic mass is 35.5. The number of hydrogen-bond donors (Lipinski definition) is 1. The Balaban J connectivity index is 2.17. The SMILES string of the molecule is CCCNC(c1ccc(F)c(Cl)c1)C1CCCC1. The van der Waals surface area contributed by atoms with Crippen molar-refractivity contribution in [3.8, 4) is 0 Å². The van der Waals surface area contributed by atoms with Crippen molar-refractivity contribution in [2.24, 2.45) is 5.92 Å². The van der Waals surface area contributed by atoms with Gasteiger partial charge in [0.1, 0.15) is 5.82 Å². The van der Waals surface area contributed by atoms with E-state index in [1.54, 1.807) is 6.07 Å². The summed E-state index contributed by atoms with van der Waals surface area (Å²) in [6.45, 7) is 3.16. The topological polar surface area (TPSA) is 12.0 Å². The maximum atomic E-state index is 13.2. The zero-order valence-corrected chi connectivity index (χ0v) is 11.6. The third kappa shape index (κ3) is 3.24. The summed E-state index contributed by atoms with van der Waals surface area (Å²) in [6.07, 6.45) is 6.25. The first kappa shape index (κ1) is 13.8. The van der Waals surface area contributed by atoms with E-state index >= 15 is 0 Å². The van der Waals surface area contributed by atoms with E-state index in [4.69, 9.17) is 11.6 Å². The van der Waals surface area contributed by atoms with Crippen LogP contribution in [0.5, 0.6) is 0 Å². The molecule has 1 saturated carbocycles. The van der Waals surface area contributed by atoms with Crippen molar-refractivity contribution in [2.75, 3.05) is 6.54 Å². The van der Waals surface area contributed by atoms with Crippen LogP contribution >= 0.6 is 11.6 Å². The number of hydrogen-bond acceptors (Lipinski definition) is 1. The van der Waals surface area contributed by atoms with Gasteiger partial charge >= 0.3 is 0 Å². The minimum Gasteiger partial charge on any atom is -0.310 e. The third-order valence-electron chi connectivity index (χ3n) is 3.79. The second kappa shape index (κ2) is 6.53. The Morgan fingerprint density at radius 1 is 1.39 bits per heavy atom. The highest BCUT2D eigenvalue weighted by Gasteiger charge is 2.26. The van der Waals surface area contributed by atoms with E-state index in [-0.39, 0.29) is 10.8 Å². The second-order valence-electron chi connectivity index (χ2n) is 5.15. The van der Waals surface area contributed by atoms with E-state index in [2.05, 4.69) is 12.2 Å². The monoisotopic (exact) mass is 269 g/mol. The molecule has 3 heteroatoms. The molecule has 0 amide bonds. The Hall–Kier alpha value is -0.600. The average Bonchev–Trinajstić information content (AvgIpc) is 2.88. The molecule has 1 aromatic carbocycles. The van der Waals surface area contributed by atoms with Crippen molar-refractivity contribution in [1.29, 1.82) is 0 Å². The summed E-state index contributed by atoms with van der Waals surface area (Å²) in [6, 6.07) is 5.45. The summed E-state index contributed by atoms with van der Waals surface area (Å²) in [7, 11) is 0. The first-order valence-corrected chi connectivity index (χ1v) is 7.28. The van der Waals surface area contributed by atoms with E-state index in [0.29, 0.717) is 12.0 Å². The highest BCUT2D eigenvalue weighted by molar-refractivity contribution is 6.30. The van der Waals surface area contributed by atoms with Crippen molar-refractivity contribution in [2.45, 2.75) is 45.1 Å². The van der Waals surface area contributed by atoms with E-state index in [1.165, 1.54) is 31.7 Å². The molecule has 1 aliphatic rings. The van der Waals surface area contributed by atoms with Crippen LogP contribution in [0.4, 0.5) is 4.39 Å². The molecule has 1 unspecified atom stereocenters. The number of rotatable bonds is 5. The molecule has 0 heterocycles. The van der Waals surface area contributed by atoms with Gasteiger partial charge in [0.25, 0.3) is 0 Å². The molecule has 0 radical (unpaired) electrons. The number of halogens is 2. The Bertz CT molecular complexity index is 388. The first-order valence-electron chi connectivity index (χ1n) is 6.90. The maximum Gasteiger partial charge on any atom is 0.141 e. The van der Waals surface area contributed by atoms with E-state index < -0.39 is 0 Å². The summed E-state index contributed by atoms with van der Waals surface area (Å²) in [5, 5.41) is 3.82. The fourth-order valence-corrected chi connectivity index (χ4v) is 3.04. The fraction of sp³-hybridized carbons (Fsp3) is 0.600. The minimum atomic E-state index is -0.332. The van der Waals surface area contributed by atoms with Gasteiger partial charge in [-0.15, -0.1) is 0 Å². The largest absolute Gasteiger partial charge is 0.310 e. The van der Waals surface area contributed by atoms with Crippen molar-refractivity contribution < 1.29 is 4.39 Å². The Morgan fingerprint density at radius 3 is 2.72 bits per heavy atom. The van der Waals surface area contributed by atoms with Gasteiger partial charge in [0.2, 0.25) is 0 Å². The van der Waals surface area contributed by atoms with Gasteiger partial charge in [-0.3, -0.25) is 0 Å². The fourth-order valence-electron chi connectivity index (χ4n) is 2.85. The molecule has 0 spiro atoms. The lowest BCUT2D eigenvalue weighted by atomic mass is 9.91. The quantitative estimate of drug-likeness (QED) is 0.816. The summed E-state index contributed by atoms with van der Waals surface area (Å²) in [5.41, 5.74) is 1.13. The molecule has 18 heavy (non-hydrogen) atoms. The van der Waals surface area contributed by atoms with Crippen molar-refractivity contribution >= 4 is 11.6 Å². The molecule has 1 N–H and O–H groups in total. The van der Waals surface area contributed by atoms with Gasteiger partial charge < -0.3 is 5.32 Å². The molecule has 100 valence electrons. The van der Waals surface area contributed by atoms with Crippen LogP contribution in [0.3, 0.4) is 0 Å². The molecule has 0 aliphatic heterocycles. The zero-order chi connectivity index (χ0) is 13.0. The molecule has 0 bridgehead atoms. The van der Waals surface area contributed by atoms with Crippen LogP contribution in [0.15, 0.2) is 18.2 Å². The first-order chi connectivity index (χ1) is 8.72. The van der Waals surface area contributed by atoms with E-state index in [9.17, 15) is 4.39 Å². The molecule has 1 fully saturated rings. The predicted molar refractivity (Wildman–Crippen MR) is 74.4 cm³/mol. The van der Waals surface area contributed by atoms with Gasteiger partial charge in [0, 0.05) is 6.04 Å². The van der Waals surface area contributed by atoms with Gasteiger partial charge in [-0.25, -0.2) is 4.39 Å². The molecule has 1 atom stereocenters. The van der Waals surface area contributed by atoms with Crippen LogP contribution < -0.4 is 5.32 Å². The van der Waals surface area contributed by atoms with Crippen molar-refractivity contribution in [1.82, 2.24) is 5.32 Å². The highest BCUT2D eigenvalue weighted by Crippen LogP contribution is 2.36. The standard InChI is InChI=1S/C15H21ClFN/c1-2-9-18-15(11-5-3-4-6-11)12-7-8-14(17)13(16)10-12/h7-8,10-11,15,18H,2-6,9H2,1H3. The smallest absolute Gasteiger partial charge is 0.141 e. The van der Waals surface area contributed by atoms with Gasteiger partial charge in [-0.05, 0) is 49.4 Å². The lowest BCUT2D eigenvalue weighted by Crippen LogP contribution is -2.27. The third-order valence-corrected chi connectivity index (χ3v) is 4.08. The second-order valence-corrected chi connectivity index (χ2v) is 5.56. The Kier molecular flexibility index (Phi) is 5.02. The van der Waals surface area contributed by atoms with Crippen LogP contribution in [-0.4, -0.2) is 6.54 Å². The van der Waals surface area contributed by atoms with Gasteiger partial charge in [0.15, 0.2) is 0 Å². The number of nitrogens with one attached hydrogen (secondary N) is 1. The molecular formula is C15H21ClFN. The lowest BCUT2D eigenvalue weighted by Gasteiger charge is -2.25. The Morgan fingerprint density at radius 2 is 2.11 bits per heavy atom. The van der Waals surface area contributed by atoms with E-state index in [1.807, 2.05) is 6.07 Å². The zero-order valence-electron chi connectivity index (χ0n) is 10.9. The molecular weight excluding hydrogens is 249 g/mol. The normalized spacial score (nSPS) is 18.2. The summed E-state index contributed by atoms with van der Waals surface area (Å²) in [5.74, 6) is 0.333. The predicted octanol–water partition coefficient (Wildman–Crippen LogP) is 4.71. The summed E-state index contributed by atoms with van der Waals surface area (Å²) < 4.78 is 13.2. The van der Waals surface area contributed by atoms with Gasteiger partial charge in [-0.2, -0.15) is 0 Å². The van der Waals surface area contributed by atoms with Crippen LogP contribution in [0, 0.1) is 11.7 Å². The van der Waals surface area contributed by atoms with Crippen molar-refractivity contribution in [3.63, 3.8) is 0 Å². The molecule has 2 rings (SSSR count). The summed E-state index contributed by atoms with van der Waals surface area (Å²) in [4.78, 5) is 0.